The molecule has 0 unspecified atom stereocenters. The standard InChI is InChI=1S/C18H21NO4/c1-19(2)11-15(20)14-9-10-16(18(22-3)17(14)21)23-12-13-7-5-4-6-8-13/h4-10,21H,11-12H2,1-3H3. The van der Waals surface area contributed by atoms with Crippen molar-refractivity contribution in [1.29, 1.82) is 0 Å². The van der Waals surface area contributed by atoms with Gasteiger partial charge in [0.05, 0.1) is 19.2 Å². The molecule has 122 valence electrons. The average molecular weight is 315 g/mol. The van der Waals surface area contributed by atoms with E-state index in [-0.39, 0.29) is 29.4 Å². The van der Waals surface area contributed by atoms with Crippen molar-refractivity contribution in [3.8, 4) is 17.2 Å². The number of likely N-dealkylation sites (N-methyl/N-ethyl adjacent to an activating group) is 1. The SMILES string of the molecule is COc1c(OCc2ccccc2)ccc(C(=O)CN(C)C)c1O. The molecule has 0 heterocycles. The minimum atomic E-state index is -0.190. The van der Waals surface area contributed by atoms with E-state index in [9.17, 15) is 9.90 Å². The molecule has 0 fully saturated rings. The molecule has 0 saturated heterocycles. The molecule has 23 heavy (non-hydrogen) atoms. The van der Waals surface area contributed by atoms with Gasteiger partial charge in [0, 0.05) is 0 Å². The topological polar surface area (TPSA) is 59.0 Å². The number of phenols is 1. The number of nitrogens with zero attached hydrogens (tertiary/aromatic N) is 1. The fourth-order valence-electron chi connectivity index (χ4n) is 2.20. The summed E-state index contributed by atoms with van der Waals surface area (Å²) in [5, 5.41) is 10.3. The fourth-order valence-corrected chi connectivity index (χ4v) is 2.20. The van der Waals surface area contributed by atoms with E-state index in [0.717, 1.165) is 5.56 Å². The van der Waals surface area contributed by atoms with E-state index in [4.69, 9.17) is 9.47 Å². The number of carbonyl (C=O) groups is 1. The number of aromatic hydroxyl groups is 1. The van der Waals surface area contributed by atoms with Crippen molar-refractivity contribution in [1.82, 2.24) is 4.90 Å². The van der Waals surface area contributed by atoms with Gasteiger partial charge in [-0.2, -0.15) is 0 Å². The molecule has 5 nitrogen and oxygen atoms in total. The first-order chi connectivity index (χ1) is 11.0. The second kappa shape index (κ2) is 7.65. The molecule has 0 aliphatic heterocycles. The maximum Gasteiger partial charge on any atom is 0.203 e. The molecule has 2 rings (SSSR count). The van der Waals surface area contributed by atoms with Crippen molar-refractivity contribution < 1.29 is 19.4 Å². The quantitative estimate of drug-likeness (QED) is 0.796. The highest BCUT2D eigenvalue weighted by Gasteiger charge is 2.19. The number of ketones is 1. The van der Waals surface area contributed by atoms with Gasteiger partial charge in [-0.1, -0.05) is 30.3 Å². The van der Waals surface area contributed by atoms with Gasteiger partial charge in [-0.05, 0) is 31.8 Å². The summed E-state index contributed by atoms with van der Waals surface area (Å²) in [6, 6.07) is 12.9. The summed E-state index contributed by atoms with van der Waals surface area (Å²) in [6.07, 6.45) is 0. The van der Waals surface area contributed by atoms with Crippen molar-refractivity contribution in [2.75, 3.05) is 27.7 Å². The van der Waals surface area contributed by atoms with E-state index in [1.165, 1.54) is 7.11 Å². The number of ether oxygens (including phenoxy) is 2. The minimum Gasteiger partial charge on any atom is -0.504 e. The van der Waals surface area contributed by atoms with Crippen LogP contribution < -0.4 is 9.47 Å². The van der Waals surface area contributed by atoms with Gasteiger partial charge in [-0.25, -0.2) is 0 Å². The van der Waals surface area contributed by atoms with Crippen LogP contribution in [0.25, 0.3) is 0 Å². The zero-order valence-corrected chi connectivity index (χ0v) is 13.6. The van der Waals surface area contributed by atoms with Gasteiger partial charge >= 0.3 is 0 Å². The first-order valence-corrected chi connectivity index (χ1v) is 7.27. The number of phenolic OH excluding ortho intramolecular Hbond substituents is 1. The van der Waals surface area contributed by atoms with Gasteiger partial charge in [-0.3, -0.25) is 4.79 Å². The van der Waals surface area contributed by atoms with Crippen LogP contribution in [0.4, 0.5) is 0 Å². The Bertz CT molecular complexity index is 668. The van der Waals surface area contributed by atoms with Gasteiger partial charge in [0.1, 0.15) is 6.61 Å². The molecule has 1 N–H and O–H groups in total. The minimum absolute atomic E-state index is 0.172. The summed E-state index contributed by atoms with van der Waals surface area (Å²) >= 11 is 0. The third-order valence-electron chi connectivity index (χ3n) is 3.30. The van der Waals surface area contributed by atoms with Gasteiger partial charge in [-0.15, -0.1) is 0 Å². The lowest BCUT2D eigenvalue weighted by Gasteiger charge is -2.15. The van der Waals surface area contributed by atoms with E-state index in [1.807, 2.05) is 30.3 Å². The third kappa shape index (κ3) is 4.23. The van der Waals surface area contributed by atoms with Gasteiger partial charge in [0.15, 0.2) is 17.3 Å². The average Bonchev–Trinajstić information content (AvgIpc) is 2.53. The van der Waals surface area contributed by atoms with Gasteiger partial charge in [0.2, 0.25) is 5.75 Å². The largest absolute Gasteiger partial charge is 0.504 e. The predicted octanol–water partition coefficient (Wildman–Crippen LogP) is 2.72. The maximum atomic E-state index is 12.1. The van der Waals surface area contributed by atoms with Crippen LogP contribution in [-0.4, -0.2) is 43.5 Å². The summed E-state index contributed by atoms with van der Waals surface area (Å²) in [4.78, 5) is 13.9. The van der Waals surface area contributed by atoms with Crippen LogP contribution in [-0.2, 0) is 6.61 Å². The highest BCUT2D eigenvalue weighted by molar-refractivity contribution is 6.01. The Morgan fingerprint density at radius 1 is 1.13 bits per heavy atom. The molecule has 5 heteroatoms. The van der Waals surface area contributed by atoms with Crippen LogP contribution in [0.1, 0.15) is 15.9 Å². The Kier molecular flexibility index (Phi) is 5.60. The van der Waals surface area contributed by atoms with Crippen LogP contribution in [0.3, 0.4) is 0 Å². The van der Waals surface area contributed by atoms with Crippen LogP contribution >= 0.6 is 0 Å². The number of carbonyl (C=O) groups excluding carboxylic acids is 1. The normalized spacial score (nSPS) is 10.6. The number of hydrogen-bond donors (Lipinski definition) is 1. The molecule has 0 radical (unpaired) electrons. The molecular formula is C18H21NO4. The Morgan fingerprint density at radius 3 is 2.43 bits per heavy atom. The molecule has 2 aromatic rings. The van der Waals surface area contributed by atoms with Gasteiger partial charge in [0.25, 0.3) is 0 Å². The summed E-state index contributed by atoms with van der Waals surface area (Å²) in [5.41, 5.74) is 1.23. The number of Topliss-reactive ketones (excluding diaryl/α,β-unsaturated/α-hetero) is 1. The zero-order valence-electron chi connectivity index (χ0n) is 13.6. The molecule has 0 aromatic heterocycles. The molecular weight excluding hydrogens is 294 g/mol. The van der Waals surface area contributed by atoms with Crippen LogP contribution in [0.15, 0.2) is 42.5 Å². The lowest BCUT2D eigenvalue weighted by Crippen LogP contribution is -2.21. The summed E-state index contributed by atoms with van der Waals surface area (Å²) < 4.78 is 10.9. The van der Waals surface area contributed by atoms with Crippen molar-refractivity contribution in [3.05, 3.63) is 53.6 Å². The van der Waals surface area contributed by atoms with E-state index in [2.05, 4.69) is 0 Å². The summed E-state index contributed by atoms with van der Waals surface area (Å²) in [6.45, 7) is 0.558. The monoisotopic (exact) mass is 315 g/mol. The second-order valence-electron chi connectivity index (χ2n) is 5.43. The second-order valence-corrected chi connectivity index (χ2v) is 5.43. The highest BCUT2D eigenvalue weighted by atomic mass is 16.5. The van der Waals surface area contributed by atoms with Crippen molar-refractivity contribution in [2.45, 2.75) is 6.61 Å². The van der Waals surface area contributed by atoms with Crippen molar-refractivity contribution in [3.63, 3.8) is 0 Å². The molecule has 0 atom stereocenters. The molecule has 0 bridgehead atoms. The highest BCUT2D eigenvalue weighted by Crippen LogP contribution is 2.39. The molecule has 0 aliphatic carbocycles. The first kappa shape index (κ1) is 16.8. The number of hydrogen-bond acceptors (Lipinski definition) is 5. The Morgan fingerprint density at radius 2 is 1.83 bits per heavy atom. The van der Waals surface area contributed by atoms with Crippen molar-refractivity contribution >= 4 is 5.78 Å². The first-order valence-electron chi connectivity index (χ1n) is 7.27. The van der Waals surface area contributed by atoms with Crippen molar-refractivity contribution in [2.24, 2.45) is 0 Å². The number of benzene rings is 2. The van der Waals surface area contributed by atoms with Crippen LogP contribution in [0.5, 0.6) is 17.2 Å². The predicted molar refractivity (Wildman–Crippen MR) is 88.3 cm³/mol. The van der Waals surface area contributed by atoms with Crippen LogP contribution in [0.2, 0.25) is 0 Å². The summed E-state index contributed by atoms with van der Waals surface area (Å²) in [5.74, 6) is 0.200. The molecule has 0 aliphatic rings. The summed E-state index contributed by atoms with van der Waals surface area (Å²) in [7, 11) is 5.03. The Labute approximate surface area is 136 Å². The van der Waals surface area contributed by atoms with E-state index < -0.39 is 0 Å². The van der Waals surface area contributed by atoms with E-state index in [0.29, 0.717) is 12.4 Å². The number of rotatable bonds is 7. The molecule has 0 saturated carbocycles. The molecule has 0 amide bonds. The third-order valence-corrected chi connectivity index (χ3v) is 3.30. The maximum absolute atomic E-state index is 12.1. The molecule has 2 aromatic carbocycles. The smallest absolute Gasteiger partial charge is 0.203 e. The van der Waals surface area contributed by atoms with Gasteiger partial charge < -0.3 is 19.5 Å². The van der Waals surface area contributed by atoms with Crippen LogP contribution in [0, 0.1) is 0 Å². The number of methoxy groups -OCH3 is 1. The lowest BCUT2D eigenvalue weighted by molar-refractivity contribution is 0.0954. The Balaban J connectivity index is 2.21. The lowest BCUT2D eigenvalue weighted by atomic mass is 10.1. The zero-order chi connectivity index (χ0) is 16.8. The Hall–Kier alpha value is -2.53. The fraction of sp³-hybridized carbons (Fsp3) is 0.278. The van der Waals surface area contributed by atoms with E-state index in [1.54, 1.807) is 31.1 Å². The van der Waals surface area contributed by atoms with E-state index >= 15 is 0 Å². The molecule has 0 spiro atoms.